The van der Waals surface area contributed by atoms with Gasteiger partial charge in [0.25, 0.3) is 5.91 Å². The molecule has 2 aromatic rings. The minimum atomic E-state index is -0.0739. The van der Waals surface area contributed by atoms with Crippen molar-refractivity contribution in [1.82, 2.24) is 20.8 Å². The number of nitrogens with one attached hydrogen (secondary N) is 3. The molecule has 3 N–H and O–H groups in total. The van der Waals surface area contributed by atoms with Gasteiger partial charge in [-0.25, -0.2) is 0 Å². The summed E-state index contributed by atoms with van der Waals surface area (Å²) in [5, 5.41) is 13.7. The highest BCUT2D eigenvalue weighted by Gasteiger charge is 2.28. The van der Waals surface area contributed by atoms with Crippen molar-refractivity contribution >= 4 is 39.9 Å². The number of rotatable bonds is 3. The van der Waals surface area contributed by atoms with Crippen LogP contribution in [0, 0.1) is 0 Å². The molecule has 4 rings (SSSR count). The molecule has 8 heteroatoms. The van der Waals surface area contributed by atoms with Crippen molar-refractivity contribution < 1.29 is 4.79 Å². The summed E-state index contributed by atoms with van der Waals surface area (Å²) in [6.07, 6.45) is 1.84. The monoisotopic (exact) mass is 425 g/mol. The maximum Gasteiger partial charge on any atom is 0.272 e. The molecule has 0 aliphatic carbocycles. The Balaban J connectivity index is 0.00000182. The molecule has 1 unspecified atom stereocenters. The van der Waals surface area contributed by atoms with E-state index >= 15 is 0 Å². The molecule has 0 spiro atoms. The van der Waals surface area contributed by atoms with Crippen LogP contribution in [0.1, 0.15) is 28.2 Å². The molecule has 2 aliphatic rings. The summed E-state index contributed by atoms with van der Waals surface area (Å²) in [6.45, 7) is 3.40. The first kappa shape index (κ1) is 18.2. The van der Waals surface area contributed by atoms with Gasteiger partial charge in [0, 0.05) is 54.4 Å². The van der Waals surface area contributed by atoms with E-state index in [4.69, 9.17) is 0 Å². The molecule has 1 amide bonds. The van der Waals surface area contributed by atoms with E-state index in [0.29, 0.717) is 12.2 Å². The first-order valence-electron chi connectivity index (χ1n) is 8.29. The summed E-state index contributed by atoms with van der Waals surface area (Å²) < 4.78 is 1.09. The van der Waals surface area contributed by atoms with Crippen LogP contribution >= 0.6 is 28.3 Å². The number of fused-ring (bicyclic) bond motifs is 1. The van der Waals surface area contributed by atoms with Crippen LogP contribution in [0.25, 0.3) is 0 Å². The number of para-hydroxylation sites is 1. The van der Waals surface area contributed by atoms with Crippen molar-refractivity contribution in [3.8, 4) is 0 Å². The molecule has 0 saturated carbocycles. The molecular weight excluding hydrogens is 406 g/mol. The van der Waals surface area contributed by atoms with Crippen LogP contribution in [0.4, 0.5) is 5.69 Å². The lowest BCUT2D eigenvalue weighted by Crippen LogP contribution is -2.38. The molecule has 1 saturated heterocycles. The molecule has 1 atom stereocenters. The third-order valence-electron chi connectivity index (χ3n) is 4.74. The summed E-state index contributed by atoms with van der Waals surface area (Å²) in [7, 11) is 0. The van der Waals surface area contributed by atoms with Gasteiger partial charge in [-0.15, -0.1) is 12.4 Å². The highest BCUT2D eigenvalue weighted by atomic mass is 79.9. The number of H-pyrrole nitrogens is 1. The van der Waals surface area contributed by atoms with Crippen molar-refractivity contribution in [3.05, 3.63) is 45.7 Å². The van der Waals surface area contributed by atoms with E-state index in [2.05, 4.69) is 47.7 Å². The Morgan fingerprint density at radius 1 is 1.36 bits per heavy atom. The number of nitrogens with zero attached hydrogens (tertiary/aromatic N) is 2. The van der Waals surface area contributed by atoms with Crippen molar-refractivity contribution in [2.24, 2.45) is 0 Å². The number of carbonyl (C=O) groups excluding carboxylic acids is 1. The standard InChI is InChI=1S/C17H20BrN5O.ClH/c18-13-3-1-2-4-15(13)23-8-6-11(10-23)20-17(24)16-12-9-19-7-5-14(12)21-22-16;/h1-4,11,19H,5-10H2,(H,20,24)(H,21,22);1H. The number of benzene rings is 1. The Labute approximate surface area is 161 Å². The zero-order valence-electron chi connectivity index (χ0n) is 13.7. The molecular formula is C17H21BrClN5O. The zero-order valence-corrected chi connectivity index (χ0v) is 16.1. The van der Waals surface area contributed by atoms with Gasteiger partial charge in [-0.05, 0) is 34.5 Å². The van der Waals surface area contributed by atoms with Crippen molar-refractivity contribution in [2.45, 2.75) is 25.4 Å². The SMILES string of the molecule is Cl.O=C(NC1CCN(c2ccccc2Br)C1)c1n[nH]c2c1CNCC2. The minimum absolute atomic E-state index is 0. The van der Waals surface area contributed by atoms with Crippen LogP contribution < -0.4 is 15.5 Å². The van der Waals surface area contributed by atoms with Crippen LogP contribution in [-0.4, -0.2) is 41.8 Å². The third-order valence-corrected chi connectivity index (χ3v) is 5.41. The van der Waals surface area contributed by atoms with Crippen LogP contribution in [-0.2, 0) is 13.0 Å². The number of aromatic nitrogens is 2. The quantitative estimate of drug-likeness (QED) is 0.704. The largest absolute Gasteiger partial charge is 0.368 e. The number of hydrogen-bond donors (Lipinski definition) is 3. The van der Waals surface area contributed by atoms with Gasteiger partial charge in [0.15, 0.2) is 5.69 Å². The second-order valence-corrected chi connectivity index (χ2v) is 7.17. The molecule has 1 aromatic carbocycles. The van der Waals surface area contributed by atoms with Crippen molar-refractivity contribution in [3.63, 3.8) is 0 Å². The van der Waals surface area contributed by atoms with Crippen molar-refractivity contribution in [1.29, 1.82) is 0 Å². The fraction of sp³-hybridized carbons (Fsp3) is 0.412. The number of aromatic amines is 1. The number of amides is 1. The summed E-state index contributed by atoms with van der Waals surface area (Å²) >= 11 is 3.60. The lowest BCUT2D eigenvalue weighted by atomic mass is 10.1. The highest BCUT2D eigenvalue weighted by Crippen LogP contribution is 2.28. The number of carbonyl (C=O) groups is 1. The van der Waals surface area contributed by atoms with Gasteiger partial charge in [-0.1, -0.05) is 12.1 Å². The molecule has 134 valence electrons. The zero-order chi connectivity index (χ0) is 16.5. The van der Waals surface area contributed by atoms with E-state index in [1.165, 1.54) is 5.69 Å². The van der Waals surface area contributed by atoms with E-state index in [1.54, 1.807) is 0 Å². The molecule has 1 aromatic heterocycles. The van der Waals surface area contributed by atoms with E-state index in [1.807, 2.05) is 18.2 Å². The maximum atomic E-state index is 12.6. The molecule has 3 heterocycles. The molecule has 2 aliphatic heterocycles. The van der Waals surface area contributed by atoms with Gasteiger partial charge in [-0.2, -0.15) is 5.10 Å². The average Bonchev–Trinajstić information content (AvgIpc) is 3.22. The second-order valence-electron chi connectivity index (χ2n) is 6.31. The summed E-state index contributed by atoms with van der Waals surface area (Å²) in [5.74, 6) is -0.0739. The smallest absolute Gasteiger partial charge is 0.272 e. The van der Waals surface area contributed by atoms with Gasteiger partial charge in [-0.3, -0.25) is 9.89 Å². The van der Waals surface area contributed by atoms with Crippen molar-refractivity contribution in [2.75, 3.05) is 24.5 Å². The van der Waals surface area contributed by atoms with Crippen LogP contribution in [0.5, 0.6) is 0 Å². The van der Waals surface area contributed by atoms with Crippen LogP contribution in [0.15, 0.2) is 28.7 Å². The fourth-order valence-corrected chi connectivity index (χ4v) is 4.01. The second kappa shape index (κ2) is 7.76. The summed E-state index contributed by atoms with van der Waals surface area (Å²) in [6, 6.07) is 8.34. The molecule has 25 heavy (non-hydrogen) atoms. The minimum Gasteiger partial charge on any atom is -0.368 e. The molecule has 6 nitrogen and oxygen atoms in total. The highest BCUT2D eigenvalue weighted by molar-refractivity contribution is 9.10. The van der Waals surface area contributed by atoms with Crippen LogP contribution in [0.3, 0.4) is 0 Å². The Bertz CT molecular complexity index is 765. The number of hydrogen-bond acceptors (Lipinski definition) is 4. The Morgan fingerprint density at radius 2 is 2.20 bits per heavy atom. The predicted molar refractivity (Wildman–Crippen MR) is 103 cm³/mol. The summed E-state index contributed by atoms with van der Waals surface area (Å²) in [5.41, 5.74) is 3.81. The predicted octanol–water partition coefficient (Wildman–Crippen LogP) is 2.25. The lowest BCUT2D eigenvalue weighted by molar-refractivity contribution is 0.0934. The topological polar surface area (TPSA) is 73.0 Å². The first-order chi connectivity index (χ1) is 11.7. The Hall–Kier alpha value is -1.57. The maximum absolute atomic E-state index is 12.6. The Kier molecular flexibility index (Phi) is 5.66. The first-order valence-corrected chi connectivity index (χ1v) is 9.09. The van der Waals surface area contributed by atoms with E-state index < -0.39 is 0 Å². The Morgan fingerprint density at radius 3 is 3.04 bits per heavy atom. The van der Waals surface area contributed by atoms with Gasteiger partial charge in [0.05, 0.1) is 5.69 Å². The van der Waals surface area contributed by atoms with Gasteiger partial charge in [0.2, 0.25) is 0 Å². The van der Waals surface area contributed by atoms with Gasteiger partial charge in [0.1, 0.15) is 0 Å². The van der Waals surface area contributed by atoms with Crippen LogP contribution in [0.2, 0.25) is 0 Å². The molecule has 0 radical (unpaired) electrons. The normalized spacial score (nSPS) is 19.2. The lowest BCUT2D eigenvalue weighted by Gasteiger charge is -2.20. The summed E-state index contributed by atoms with van der Waals surface area (Å²) in [4.78, 5) is 14.9. The number of anilines is 1. The van der Waals surface area contributed by atoms with E-state index in [-0.39, 0.29) is 24.4 Å². The van der Waals surface area contributed by atoms with Gasteiger partial charge >= 0.3 is 0 Å². The number of halogens is 2. The fourth-order valence-electron chi connectivity index (χ4n) is 3.47. The third kappa shape index (κ3) is 3.68. The average molecular weight is 427 g/mol. The molecule has 1 fully saturated rings. The van der Waals surface area contributed by atoms with E-state index in [9.17, 15) is 4.79 Å². The van der Waals surface area contributed by atoms with E-state index in [0.717, 1.165) is 48.2 Å². The molecule has 0 bridgehead atoms. The van der Waals surface area contributed by atoms with Gasteiger partial charge < -0.3 is 15.5 Å².